The summed E-state index contributed by atoms with van der Waals surface area (Å²) >= 11 is 0. The molecule has 0 rings (SSSR count). The maximum absolute atomic E-state index is 9.63. The van der Waals surface area contributed by atoms with Crippen LogP contribution in [0.3, 0.4) is 0 Å². The second-order valence-corrected chi connectivity index (χ2v) is 6.15. The van der Waals surface area contributed by atoms with Gasteiger partial charge in [-0.3, -0.25) is 0 Å². The van der Waals surface area contributed by atoms with Gasteiger partial charge in [0.25, 0.3) is 0 Å². The minimum absolute atomic E-state index is 0.625. The van der Waals surface area contributed by atoms with E-state index in [-0.39, 0.29) is 0 Å². The quantitative estimate of drug-likeness (QED) is 0.471. The van der Waals surface area contributed by atoms with Crippen molar-refractivity contribution >= 4 is 15.6 Å². The van der Waals surface area contributed by atoms with E-state index in [4.69, 9.17) is 19.6 Å². The topological polar surface area (TPSA) is 136 Å². The van der Waals surface area contributed by atoms with Gasteiger partial charge in [0, 0.05) is 12.1 Å². The molecule has 100 valence electrons. The molecular formula is C6H19NO7P2. The highest BCUT2D eigenvalue weighted by Crippen LogP contribution is 2.53. The van der Waals surface area contributed by atoms with Crippen molar-refractivity contribution in [3.63, 3.8) is 0 Å². The summed E-state index contributed by atoms with van der Waals surface area (Å²) < 4.78 is 22.2. The van der Waals surface area contributed by atoms with Gasteiger partial charge in [0.2, 0.25) is 0 Å². The first kappa shape index (κ1) is 18.6. The lowest BCUT2D eigenvalue weighted by atomic mass is 10.3. The Balaban J connectivity index is 0. The van der Waals surface area contributed by atoms with Gasteiger partial charge in [0.05, 0.1) is 0 Å². The molecule has 0 saturated heterocycles. The van der Waals surface area contributed by atoms with E-state index in [9.17, 15) is 9.13 Å². The lowest BCUT2D eigenvalue weighted by Crippen LogP contribution is -2.29. The van der Waals surface area contributed by atoms with Crippen LogP contribution in [-0.4, -0.2) is 31.7 Å². The maximum atomic E-state index is 9.63. The van der Waals surface area contributed by atoms with Crippen LogP contribution in [0.25, 0.3) is 0 Å². The van der Waals surface area contributed by atoms with E-state index >= 15 is 0 Å². The monoisotopic (exact) mass is 279 g/mol. The van der Waals surface area contributed by atoms with E-state index in [2.05, 4.69) is 37.3 Å². The smallest absolute Gasteiger partial charge is 0.312 e. The van der Waals surface area contributed by atoms with Gasteiger partial charge in [-0.25, -0.2) is 9.13 Å². The summed E-state index contributed by atoms with van der Waals surface area (Å²) in [5, 5.41) is 3.31. The Morgan fingerprint density at radius 1 is 0.875 bits per heavy atom. The molecule has 0 fully saturated rings. The summed E-state index contributed by atoms with van der Waals surface area (Å²) in [4.78, 5) is 31.0. The minimum atomic E-state index is -5.05. The predicted molar refractivity (Wildman–Crippen MR) is 58.6 cm³/mol. The zero-order valence-corrected chi connectivity index (χ0v) is 11.4. The molecular weight excluding hydrogens is 260 g/mol. The number of nitrogens with one attached hydrogen (secondary N) is 1. The normalized spacial score (nSPS) is 12.6. The molecule has 0 aliphatic carbocycles. The standard InChI is InChI=1S/C6H15N.H4O7P2/c1-5(2)7-6(3)4;1-8(2,3)7-9(4,5)6/h5-7H,1-4H3;(H2,1,2,3)(H2,4,5,6). The highest BCUT2D eigenvalue weighted by molar-refractivity contribution is 7.60. The van der Waals surface area contributed by atoms with Crippen LogP contribution in [0, 0.1) is 0 Å². The molecule has 0 aliphatic rings. The molecule has 16 heavy (non-hydrogen) atoms. The summed E-state index contributed by atoms with van der Waals surface area (Å²) in [6.07, 6.45) is 0. The van der Waals surface area contributed by atoms with Crippen LogP contribution in [0.4, 0.5) is 0 Å². The van der Waals surface area contributed by atoms with Gasteiger partial charge in [0.1, 0.15) is 0 Å². The summed E-state index contributed by atoms with van der Waals surface area (Å²) in [6, 6.07) is 1.25. The average molecular weight is 279 g/mol. The molecule has 0 atom stereocenters. The first-order chi connectivity index (χ1) is 6.83. The first-order valence-electron chi connectivity index (χ1n) is 4.42. The van der Waals surface area contributed by atoms with Gasteiger partial charge in [-0.05, 0) is 0 Å². The Kier molecular flexibility index (Phi) is 8.74. The van der Waals surface area contributed by atoms with Crippen molar-refractivity contribution in [3.05, 3.63) is 0 Å². The molecule has 0 aromatic heterocycles. The van der Waals surface area contributed by atoms with Gasteiger partial charge in [-0.15, -0.1) is 0 Å². The van der Waals surface area contributed by atoms with Gasteiger partial charge in [-0.1, -0.05) is 27.7 Å². The van der Waals surface area contributed by atoms with E-state index in [1.807, 2.05) is 0 Å². The van der Waals surface area contributed by atoms with Crippen LogP contribution in [0.5, 0.6) is 0 Å². The third kappa shape index (κ3) is 23.8. The Hall–Kier alpha value is 0.220. The molecule has 0 radical (unpaired) electrons. The van der Waals surface area contributed by atoms with E-state index < -0.39 is 15.6 Å². The van der Waals surface area contributed by atoms with Gasteiger partial charge >= 0.3 is 15.6 Å². The van der Waals surface area contributed by atoms with E-state index in [0.717, 1.165) is 0 Å². The Morgan fingerprint density at radius 3 is 1.12 bits per heavy atom. The fourth-order valence-corrected chi connectivity index (χ4v) is 1.91. The molecule has 0 amide bonds. The summed E-state index contributed by atoms with van der Waals surface area (Å²) in [5.41, 5.74) is 0. The summed E-state index contributed by atoms with van der Waals surface area (Å²) in [7, 11) is -10.1. The second kappa shape index (κ2) is 7.53. The zero-order valence-electron chi connectivity index (χ0n) is 9.56. The molecule has 0 aliphatic heterocycles. The summed E-state index contributed by atoms with van der Waals surface area (Å²) in [5.74, 6) is 0. The third-order valence-corrected chi connectivity index (χ3v) is 2.58. The number of hydrogen-bond acceptors (Lipinski definition) is 4. The van der Waals surface area contributed by atoms with Crippen LogP contribution in [0.15, 0.2) is 0 Å². The average Bonchev–Trinajstić information content (AvgIpc) is 1.72. The molecule has 0 bridgehead atoms. The van der Waals surface area contributed by atoms with Crippen molar-refractivity contribution in [1.82, 2.24) is 5.32 Å². The first-order valence-corrected chi connectivity index (χ1v) is 7.48. The predicted octanol–water partition coefficient (Wildman–Crippen LogP) is 0.581. The minimum Gasteiger partial charge on any atom is -0.312 e. The van der Waals surface area contributed by atoms with Crippen molar-refractivity contribution in [1.29, 1.82) is 0 Å². The third-order valence-electron chi connectivity index (χ3n) is 0.879. The van der Waals surface area contributed by atoms with Crippen LogP contribution < -0.4 is 5.32 Å². The Labute approximate surface area is 94.5 Å². The Morgan fingerprint density at radius 2 is 1.12 bits per heavy atom. The lowest BCUT2D eigenvalue weighted by Gasteiger charge is -2.10. The molecule has 0 unspecified atom stereocenters. The number of phosphoric acid groups is 2. The molecule has 10 heteroatoms. The second-order valence-electron chi connectivity index (χ2n) is 3.54. The van der Waals surface area contributed by atoms with E-state index in [0.29, 0.717) is 12.1 Å². The summed E-state index contributed by atoms with van der Waals surface area (Å²) in [6.45, 7) is 8.61. The molecule has 0 aromatic rings. The largest absolute Gasteiger partial charge is 0.478 e. The number of hydrogen-bond donors (Lipinski definition) is 5. The molecule has 0 aromatic carbocycles. The number of rotatable bonds is 4. The highest BCUT2D eigenvalue weighted by atomic mass is 31.3. The molecule has 5 N–H and O–H groups in total. The van der Waals surface area contributed by atoms with Gasteiger partial charge < -0.3 is 24.9 Å². The van der Waals surface area contributed by atoms with Crippen LogP contribution in [0.1, 0.15) is 27.7 Å². The van der Waals surface area contributed by atoms with Crippen molar-refractivity contribution in [2.24, 2.45) is 0 Å². The van der Waals surface area contributed by atoms with Crippen molar-refractivity contribution in [2.75, 3.05) is 0 Å². The molecule has 0 saturated carbocycles. The molecule has 8 nitrogen and oxygen atoms in total. The van der Waals surface area contributed by atoms with Crippen LogP contribution in [-0.2, 0) is 13.4 Å². The SMILES string of the molecule is CC(C)NC(C)C.O=P(O)(O)OP(=O)(O)O. The van der Waals surface area contributed by atoms with E-state index in [1.54, 1.807) is 0 Å². The maximum Gasteiger partial charge on any atom is 0.478 e. The fourth-order valence-electron chi connectivity index (χ4n) is 0.805. The van der Waals surface area contributed by atoms with Crippen molar-refractivity contribution < 1.29 is 33.0 Å². The van der Waals surface area contributed by atoms with Crippen molar-refractivity contribution in [2.45, 2.75) is 39.8 Å². The molecule has 0 spiro atoms. The van der Waals surface area contributed by atoms with Gasteiger partial charge in [0.15, 0.2) is 0 Å². The Bertz CT molecular complexity index is 242. The van der Waals surface area contributed by atoms with Gasteiger partial charge in [-0.2, -0.15) is 4.31 Å². The van der Waals surface area contributed by atoms with Crippen molar-refractivity contribution in [3.8, 4) is 0 Å². The molecule has 0 heterocycles. The zero-order chi connectivity index (χ0) is 13.6. The lowest BCUT2D eigenvalue weighted by molar-refractivity contribution is 0.225. The highest BCUT2D eigenvalue weighted by Gasteiger charge is 2.27. The fraction of sp³-hybridized carbons (Fsp3) is 1.00. The van der Waals surface area contributed by atoms with Crippen LogP contribution in [0.2, 0.25) is 0 Å². The van der Waals surface area contributed by atoms with E-state index in [1.165, 1.54) is 0 Å². The van der Waals surface area contributed by atoms with Crippen LogP contribution >= 0.6 is 15.6 Å².